The summed E-state index contributed by atoms with van der Waals surface area (Å²) >= 11 is 0. The molecule has 2 aromatic carbocycles. The number of ether oxygens (including phenoxy) is 1. The number of aliphatic imine (C=N–C) groups is 1. The predicted molar refractivity (Wildman–Crippen MR) is 130 cm³/mol. The molecule has 0 fully saturated rings. The van der Waals surface area contributed by atoms with Gasteiger partial charge in [0.25, 0.3) is 0 Å². The number of nitrogens with two attached hydrogens (primary N) is 1. The zero-order chi connectivity index (χ0) is 19.6. The molecule has 3 N–H and O–H groups in total. The summed E-state index contributed by atoms with van der Waals surface area (Å²) in [4.78, 5) is 6.85. The van der Waals surface area contributed by atoms with Gasteiger partial charge in [-0.05, 0) is 62.3 Å². The van der Waals surface area contributed by atoms with E-state index in [1.807, 2.05) is 38.1 Å². The highest BCUT2D eigenvalue weighted by molar-refractivity contribution is 14.0. The Morgan fingerprint density at radius 2 is 1.71 bits per heavy atom. The molecule has 0 amide bonds. The third-order valence-electron chi connectivity index (χ3n) is 4.22. The Morgan fingerprint density at radius 1 is 1.07 bits per heavy atom. The van der Waals surface area contributed by atoms with E-state index in [0.717, 1.165) is 36.6 Å². The molecule has 0 aromatic heterocycles. The summed E-state index contributed by atoms with van der Waals surface area (Å²) in [7, 11) is 0. The summed E-state index contributed by atoms with van der Waals surface area (Å²) in [5.41, 5.74) is 9.39. The van der Waals surface area contributed by atoms with Crippen LogP contribution in [0.1, 0.15) is 38.8 Å². The number of halogens is 1. The molecule has 0 saturated carbocycles. The van der Waals surface area contributed by atoms with E-state index in [-0.39, 0.29) is 30.1 Å². The fraction of sp³-hybridized carbons (Fsp3) is 0.409. The predicted octanol–water partition coefficient (Wildman–Crippen LogP) is 4.86. The first-order chi connectivity index (χ1) is 13.0. The molecular formula is C22H33IN4O. The highest BCUT2D eigenvalue weighted by atomic mass is 127. The molecule has 5 nitrogen and oxygen atoms in total. The first kappa shape index (κ1) is 24.2. The van der Waals surface area contributed by atoms with Crippen LogP contribution in [0.25, 0.3) is 0 Å². The molecule has 28 heavy (non-hydrogen) atoms. The minimum absolute atomic E-state index is 0. The maximum absolute atomic E-state index is 6.03. The minimum Gasteiger partial charge on any atom is -0.491 e. The molecule has 154 valence electrons. The lowest BCUT2D eigenvalue weighted by molar-refractivity contribution is 0.242. The number of hydrogen-bond donors (Lipinski definition) is 2. The monoisotopic (exact) mass is 496 g/mol. The molecule has 2 aromatic rings. The van der Waals surface area contributed by atoms with Gasteiger partial charge >= 0.3 is 0 Å². The summed E-state index contributed by atoms with van der Waals surface area (Å²) in [6.07, 6.45) is 0.160. The lowest BCUT2D eigenvalue weighted by Crippen LogP contribution is -2.23. The third kappa shape index (κ3) is 8.48. The Hall–Kier alpha value is -1.80. The molecule has 0 bridgehead atoms. The number of benzene rings is 2. The zero-order valence-corrected chi connectivity index (χ0v) is 19.6. The van der Waals surface area contributed by atoms with Crippen molar-refractivity contribution in [2.24, 2.45) is 10.7 Å². The van der Waals surface area contributed by atoms with Crippen molar-refractivity contribution in [3.63, 3.8) is 0 Å². The van der Waals surface area contributed by atoms with E-state index in [1.54, 1.807) is 0 Å². The van der Waals surface area contributed by atoms with Gasteiger partial charge < -0.3 is 15.8 Å². The van der Waals surface area contributed by atoms with Crippen molar-refractivity contribution >= 4 is 35.6 Å². The van der Waals surface area contributed by atoms with Gasteiger partial charge in [0.15, 0.2) is 5.96 Å². The Bertz CT molecular complexity index is 728. The van der Waals surface area contributed by atoms with E-state index in [4.69, 9.17) is 10.5 Å². The molecule has 0 unspecified atom stereocenters. The summed E-state index contributed by atoms with van der Waals surface area (Å²) in [5, 5.41) is 3.12. The molecule has 0 aliphatic carbocycles. The third-order valence-corrected chi connectivity index (χ3v) is 4.22. The molecule has 0 spiro atoms. The van der Waals surface area contributed by atoms with Crippen LogP contribution in [-0.4, -0.2) is 30.1 Å². The number of hydrogen-bond acceptors (Lipinski definition) is 3. The minimum atomic E-state index is 0. The van der Waals surface area contributed by atoms with Crippen molar-refractivity contribution in [2.75, 3.05) is 18.4 Å². The maximum Gasteiger partial charge on any atom is 0.193 e. The number of anilines is 1. The Balaban J connectivity index is 0.00000392. The van der Waals surface area contributed by atoms with Crippen molar-refractivity contribution in [2.45, 2.75) is 46.9 Å². The second-order valence-electron chi connectivity index (χ2n) is 6.80. The molecule has 0 saturated heterocycles. The van der Waals surface area contributed by atoms with Crippen molar-refractivity contribution in [1.82, 2.24) is 4.90 Å². The van der Waals surface area contributed by atoms with Gasteiger partial charge in [-0.3, -0.25) is 4.90 Å². The van der Waals surface area contributed by atoms with E-state index in [1.165, 1.54) is 5.56 Å². The molecule has 0 aliphatic heterocycles. The van der Waals surface area contributed by atoms with Crippen LogP contribution in [0.15, 0.2) is 53.5 Å². The van der Waals surface area contributed by atoms with Crippen LogP contribution in [0.4, 0.5) is 5.69 Å². The highest BCUT2D eigenvalue weighted by Gasteiger charge is 2.03. The molecular weight excluding hydrogens is 463 g/mol. The van der Waals surface area contributed by atoms with Crippen LogP contribution in [0, 0.1) is 0 Å². The lowest BCUT2D eigenvalue weighted by Gasteiger charge is -2.18. The lowest BCUT2D eigenvalue weighted by atomic mass is 10.1. The van der Waals surface area contributed by atoms with Gasteiger partial charge in [0.2, 0.25) is 0 Å². The molecule has 0 heterocycles. The molecule has 6 heteroatoms. The summed E-state index contributed by atoms with van der Waals surface area (Å²) < 4.78 is 5.64. The summed E-state index contributed by atoms with van der Waals surface area (Å²) in [6.45, 7) is 12.0. The Kier molecular flexibility index (Phi) is 10.9. The first-order valence-corrected chi connectivity index (χ1v) is 9.64. The van der Waals surface area contributed by atoms with Gasteiger partial charge in [-0.25, -0.2) is 4.99 Å². The van der Waals surface area contributed by atoms with Gasteiger partial charge in [0.05, 0.1) is 12.6 Å². The topological polar surface area (TPSA) is 62.9 Å². The number of nitrogens with zero attached hydrogens (tertiary/aromatic N) is 2. The SMILES string of the molecule is CCN(CC)Cc1cccc(CN=C(N)Nc2ccc(OC(C)C)cc2)c1.I. The first-order valence-electron chi connectivity index (χ1n) is 9.64. The van der Waals surface area contributed by atoms with E-state index in [9.17, 15) is 0 Å². The van der Waals surface area contributed by atoms with Crippen molar-refractivity contribution in [3.05, 3.63) is 59.7 Å². The van der Waals surface area contributed by atoms with Crippen molar-refractivity contribution in [1.29, 1.82) is 0 Å². The van der Waals surface area contributed by atoms with Crippen LogP contribution in [-0.2, 0) is 13.1 Å². The standard InChI is InChI=1S/C22H32N4O.HI/c1-5-26(6-2)16-19-9-7-8-18(14-19)15-24-22(23)25-20-10-12-21(13-11-20)27-17(3)4;/h7-14,17H,5-6,15-16H2,1-4H3,(H3,23,24,25);1H. The fourth-order valence-corrected chi connectivity index (χ4v) is 2.78. The maximum atomic E-state index is 6.03. The zero-order valence-electron chi connectivity index (χ0n) is 17.3. The largest absolute Gasteiger partial charge is 0.491 e. The number of rotatable bonds is 9. The number of guanidine groups is 1. The quantitative estimate of drug-likeness (QED) is 0.296. The van der Waals surface area contributed by atoms with Crippen LogP contribution < -0.4 is 15.8 Å². The Labute approximate surface area is 186 Å². The molecule has 0 radical (unpaired) electrons. The second kappa shape index (κ2) is 12.6. The average Bonchev–Trinajstić information content (AvgIpc) is 2.66. The van der Waals surface area contributed by atoms with Crippen LogP contribution in [0.3, 0.4) is 0 Å². The van der Waals surface area contributed by atoms with Crippen molar-refractivity contribution in [3.8, 4) is 5.75 Å². The second-order valence-corrected chi connectivity index (χ2v) is 6.80. The van der Waals surface area contributed by atoms with Gasteiger partial charge in [-0.15, -0.1) is 24.0 Å². The van der Waals surface area contributed by atoms with Gasteiger partial charge in [0, 0.05) is 12.2 Å². The van der Waals surface area contributed by atoms with E-state index >= 15 is 0 Å². The normalized spacial score (nSPS) is 11.4. The van der Waals surface area contributed by atoms with E-state index in [2.05, 4.69) is 53.3 Å². The smallest absolute Gasteiger partial charge is 0.193 e. The summed E-state index contributed by atoms with van der Waals surface area (Å²) in [6, 6.07) is 16.2. The molecule has 0 atom stereocenters. The van der Waals surface area contributed by atoms with Crippen molar-refractivity contribution < 1.29 is 4.74 Å². The van der Waals surface area contributed by atoms with Gasteiger partial charge in [0.1, 0.15) is 5.75 Å². The van der Waals surface area contributed by atoms with Crippen LogP contribution in [0.5, 0.6) is 5.75 Å². The average molecular weight is 496 g/mol. The van der Waals surface area contributed by atoms with E-state index in [0.29, 0.717) is 12.5 Å². The number of nitrogens with one attached hydrogen (secondary N) is 1. The van der Waals surface area contributed by atoms with Crippen LogP contribution in [0.2, 0.25) is 0 Å². The van der Waals surface area contributed by atoms with Gasteiger partial charge in [-0.2, -0.15) is 0 Å². The summed E-state index contributed by atoms with van der Waals surface area (Å²) in [5.74, 6) is 1.25. The Morgan fingerprint density at radius 3 is 2.32 bits per heavy atom. The van der Waals surface area contributed by atoms with Crippen LogP contribution >= 0.6 is 24.0 Å². The highest BCUT2D eigenvalue weighted by Crippen LogP contribution is 2.17. The fourth-order valence-electron chi connectivity index (χ4n) is 2.78. The molecule has 2 rings (SSSR count). The van der Waals surface area contributed by atoms with E-state index < -0.39 is 0 Å². The van der Waals surface area contributed by atoms with Gasteiger partial charge in [-0.1, -0.05) is 38.1 Å². The molecule has 0 aliphatic rings.